The number of furan rings is 1. The molecule has 0 spiro atoms. The van der Waals surface area contributed by atoms with Gasteiger partial charge in [0, 0.05) is 21.7 Å². The SMILES string of the molecule is O=C(CS(=O)Cc1csc(-c2ccc(F)cc2)n1)NCc1ccco1. The van der Waals surface area contributed by atoms with E-state index in [2.05, 4.69) is 10.3 Å². The van der Waals surface area contributed by atoms with Crippen molar-refractivity contribution in [3.63, 3.8) is 0 Å². The number of rotatable bonds is 7. The molecule has 1 amide bonds. The van der Waals surface area contributed by atoms with Gasteiger partial charge in [-0.05, 0) is 36.4 Å². The molecule has 130 valence electrons. The van der Waals surface area contributed by atoms with Crippen molar-refractivity contribution in [1.29, 1.82) is 0 Å². The molecule has 0 bridgehead atoms. The van der Waals surface area contributed by atoms with Crippen LogP contribution in [0.25, 0.3) is 10.6 Å². The van der Waals surface area contributed by atoms with E-state index < -0.39 is 10.8 Å². The summed E-state index contributed by atoms with van der Waals surface area (Å²) >= 11 is 1.40. The average Bonchev–Trinajstić information content (AvgIpc) is 3.25. The van der Waals surface area contributed by atoms with E-state index in [0.717, 1.165) is 10.6 Å². The number of carbonyl (C=O) groups is 1. The van der Waals surface area contributed by atoms with Crippen LogP contribution in [0.15, 0.2) is 52.5 Å². The van der Waals surface area contributed by atoms with Gasteiger partial charge in [0.1, 0.15) is 22.3 Å². The summed E-state index contributed by atoms with van der Waals surface area (Å²) in [7, 11) is -1.35. The molecule has 3 rings (SSSR count). The van der Waals surface area contributed by atoms with Crippen LogP contribution in [0.2, 0.25) is 0 Å². The molecule has 25 heavy (non-hydrogen) atoms. The molecular formula is C17H15FN2O3S2. The van der Waals surface area contributed by atoms with E-state index in [1.807, 2.05) is 0 Å². The molecular weight excluding hydrogens is 363 g/mol. The first-order valence-electron chi connectivity index (χ1n) is 7.44. The molecule has 5 nitrogen and oxygen atoms in total. The summed E-state index contributed by atoms with van der Waals surface area (Å²) < 4.78 is 30.2. The summed E-state index contributed by atoms with van der Waals surface area (Å²) in [5, 5.41) is 5.19. The Labute approximate surface area is 150 Å². The second-order valence-corrected chi connectivity index (χ2v) is 7.55. The van der Waals surface area contributed by atoms with E-state index in [1.165, 1.54) is 29.7 Å². The number of hydrogen-bond acceptors (Lipinski definition) is 5. The molecule has 1 aromatic carbocycles. The van der Waals surface area contributed by atoms with E-state index >= 15 is 0 Å². The van der Waals surface area contributed by atoms with Crippen LogP contribution in [0.5, 0.6) is 0 Å². The molecule has 0 saturated carbocycles. The van der Waals surface area contributed by atoms with E-state index in [0.29, 0.717) is 11.5 Å². The van der Waals surface area contributed by atoms with Crippen molar-refractivity contribution >= 4 is 28.0 Å². The molecule has 0 aliphatic rings. The van der Waals surface area contributed by atoms with Crippen molar-refractivity contribution in [3.05, 3.63) is 65.3 Å². The normalized spacial score (nSPS) is 12.0. The standard InChI is InChI=1S/C17H15FN2O3S2/c18-13-5-3-12(4-6-13)17-20-14(9-24-17)10-25(22)11-16(21)19-8-15-2-1-7-23-15/h1-7,9H,8,10-11H2,(H,19,21). The van der Waals surface area contributed by atoms with Gasteiger partial charge in [0.05, 0.1) is 24.3 Å². The number of halogens is 1. The fourth-order valence-electron chi connectivity index (χ4n) is 2.11. The third-order valence-corrected chi connectivity index (χ3v) is 5.43. The summed E-state index contributed by atoms with van der Waals surface area (Å²) in [6, 6.07) is 9.54. The summed E-state index contributed by atoms with van der Waals surface area (Å²) in [5.74, 6) is 0.143. The lowest BCUT2D eigenvalue weighted by Crippen LogP contribution is -2.28. The van der Waals surface area contributed by atoms with E-state index in [-0.39, 0.29) is 29.8 Å². The van der Waals surface area contributed by atoms with Crippen LogP contribution in [-0.2, 0) is 27.9 Å². The summed E-state index contributed by atoms with van der Waals surface area (Å²) in [5.41, 5.74) is 1.46. The predicted octanol–water partition coefficient (Wildman–Crippen LogP) is 3.11. The highest BCUT2D eigenvalue weighted by molar-refractivity contribution is 7.84. The third-order valence-electron chi connectivity index (χ3n) is 3.28. The zero-order valence-electron chi connectivity index (χ0n) is 13.1. The molecule has 1 unspecified atom stereocenters. The Morgan fingerprint density at radius 2 is 2.08 bits per heavy atom. The monoisotopic (exact) mass is 378 g/mol. The smallest absolute Gasteiger partial charge is 0.233 e. The zero-order chi connectivity index (χ0) is 17.6. The third kappa shape index (κ3) is 5.07. The minimum atomic E-state index is -1.35. The van der Waals surface area contributed by atoms with Crippen LogP contribution in [0, 0.1) is 5.82 Å². The molecule has 2 aromatic heterocycles. The lowest BCUT2D eigenvalue weighted by atomic mass is 10.2. The van der Waals surface area contributed by atoms with Gasteiger partial charge in [0.15, 0.2) is 0 Å². The highest BCUT2D eigenvalue weighted by Crippen LogP contribution is 2.24. The number of hydrogen-bond donors (Lipinski definition) is 1. The molecule has 0 aliphatic carbocycles. The Morgan fingerprint density at radius 3 is 2.80 bits per heavy atom. The summed E-state index contributed by atoms with van der Waals surface area (Å²) in [6.45, 7) is 0.272. The Morgan fingerprint density at radius 1 is 1.28 bits per heavy atom. The van der Waals surface area contributed by atoms with Gasteiger partial charge in [-0.2, -0.15) is 0 Å². The van der Waals surface area contributed by atoms with Crippen molar-refractivity contribution in [3.8, 4) is 10.6 Å². The molecule has 8 heteroatoms. The number of benzene rings is 1. The highest BCUT2D eigenvalue weighted by Gasteiger charge is 2.12. The minimum absolute atomic E-state index is 0.0931. The van der Waals surface area contributed by atoms with Crippen molar-refractivity contribution < 1.29 is 17.8 Å². The number of nitrogens with one attached hydrogen (secondary N) is 1. The zero-order valence-corrected chi connectivity index (χ0v) is 14.7. The van der Waals surface area contributed by atoms with Gasteiger partial charge >= 0.3 is 0 Å². The van der Waals surface area contributed by atoms with Crippen molar-refractivity contribution in [2.45, 2.75) is 12.3 Å². The quantitative estimate of drug-likeness (QED) is 0.686. The molecule has 0 saturated heterocycles. The first kappa shape index (κ1) is 17.5. The lowest BCUT2D eigenvalue weighted by Gasteiger charge is -2.03. The van der Waals surface area contributed by atoms with Crippen LogP contribution in [0.4, 0.5) is 4.39 Å². The first-order valence-corrected chi connectivity index (χ1v) is 9.81. The van der Waals surface area contributed by atoms with Gasteiger partial charge in [0.25, 0.3) is 0 Å². The van der Waals surface area contributed by atoms with Crippen LogP contribution in [0.3, 0.4) is 0 Å². The average molecular weight is 378 g/mol. The van der Waals surface area contributed by atoms with Gasteiger partial charge < -0.3 is 9.73 Å². The predicted molar refractivity (Wildman–Crippen MR) is 94.8 cm³/mol. The molecule has 0 fully saturated rings. The Hall–Kier alpha value is -2.32. The molecule has 2 heterocycles. The fourth-order valence-corrected chi connectivity index (χ4v) is 4.02. The fraction of sp³-hybridized carbons (Fsp3) is 0.176. The van der Waals surface area contributed by atoms with Gasteiger partial charge in [0.2, 0.25) is 5.91 Å². The van der Waals surface area contributed by atoms with E-state index in [1.54, 1.807) is 29.6 Å². The second-order valence-electron chi connectivity index (χ2n) is 5.24. The molecule has 1 N–H and O–H groups in total. The van der Waals surface area contributed by atoms with Crippen LogP contribution in [0.1, 0.15) is 11.5 Å². The maximum Gasteiger partial charge on any atom is 0.233 e. The molecule has 3 aromatic rings. The Balaban J connectivity index is 1.51. The highest BCUT2D eigenvalue weighted by atomic mass is 32.2. The maximum atomic E-state index is 13.0. The topological polar surface area (TPSA) is 72.2 Å². The van der Waals surface area contributed by atoms with Crippen LogP contribution in [-0.4, -0.2) is 20.9 Å². The Bertz CT molecular complexity index is 860. The van der Waals surface area contributed by atoms with Gasteiger partial charge in [-0.15, -0.1) is 11.3 Å². The van der Waals surface area contributed by atoms with Crippen molar-refractivity contribution in [2.75, 3.05) is 5.75 Å². The summed E-state index contributed by atoms with van der Waals surface area (Å²) in [6.07, 6.45) is 1.53. The number of amides is 1. The second kappa shape index (κ2) is 8.17. The number of thiazole rings is 1. The molecule has 1 atom stereocenters. The van der Waals surface area contributed by atoms with E-state index in [4.69, 9.17) is 4.42 Å². The maximum absolute atomic E-state index is 13.0. The largest absolute Gasteiger partial charge is 0.467 e. The number of aromatic nitrogens is 1. The van der Waals surface area contributed by atoms with Crippen LogP contribution >= 0.6 is 11.3 Å². The Kier molecular flexibility index (Phi) is 5.72. The van der Waals surface area contributed by atoms with Crippen LogP contribution < -0.4 is 5.32 Å². The van der Waals surface area contributed by atoms with Crippen molar-refractivity contribution in [2.24, 2.45) is 0 Å². The van der Waals surface area contributed by atoms with Crippen molar-refractivity contribution in [1.82, 2.24) is 10.3 Å². The number of carbonyl (C=O) groups excluding carboxylic acids is 1. The lowest BCUT2D eigenvalue weighted by molar-refractivity contribution is -0.118. The minimum Gasteiger partial charge on any atom is -0.467 e. The molecule has 0 aliphatic heterocycles. The van der Waals surface area contributed by atoms with Gasteiger partial charge in [-0.3, -0.25) is 9.00 Å². The summed E-state index contributed by atoms with van der Waals surface area (Å²) in [4.78, 5) is 16.2. The number of nitrogens with zero attached hydrogens (tertiary/aromatic N) is 1. The molecule has 0 radical (unpaired) electrons. The van der Waals surface area contributed by atoms with Gasteiger partial charge in [-0.25, -0.2) is 9.37 Å². The van der Waals surface area contributed by atoms with E-state index in [9.17, 15) is 13.4 Å². The first-order chi connectivity index (χ1) is 12.1. The van der Waals surface area contributed by atoms with Gasteiger partial charge in [-0.1, -0.05) is 0 Å².